The molecule has 0 unspecified atom stereocenters. The molecular formula is C21H33ClO3. The van der Waals surface area contributed by atoms with Gasteiger partial charge in [0.05, 0.1) is 6.61 Å². The first-order chi connectivity index (χ1) is 12.1. The van der Waals surface area contributed by atoms with Crippen LogP contribution in [-0.4, -0.2) is 19.2 Å². The maximum absolute atomic E-state index is 11.7. The van der Waals surface area contributed by atoms with Gasteiger partial charge in [-0.2, -0.15) is 0 Å². The van der Waals surface area contributed by atoms with E-state index in [1.807, 2.05) is 13.0 Å². The molecule has 142 valence electrons. The minimum absolute atomic E-state index is 0.0553. The van der Waals surface area contributed by atoms with E-state index in [4.69, 9.17) is 21.1 Å². The Morgan fingerprint density at radius 2 is 1.56 bits per heavy atom. The zero-order valence-corrected chi connectivity index (χ0v) is 16.6. The third-order valence-corrected chi connectivity index (χ3v) is 4.48. The number of unbranched alkanes of at least 4 members (excludes halogenated alkanes) is 9. The van der Waals surface area contributed by atoms with E-state index in [0.29, 0.717) is 17.4 Å². The molecule has 0 fully saturated rings. The Hall–Kier alpha value is -1.22. The summed E-state index contributed by atoms with van der Waals surface area (Å²) in [5, 5.41) is 0.661. The topological polar surface area (TPSA) is 35.5 Å². The van der Waals surface area contributed by atoms with E-state index in [1.54, 1.807) is 12.1 Å². The van der Waals surface area contributed by atoms with Gasteiger partial charge in [-0.15, -0.1) is 0 Å². The van der Waals surface area contributed by atoms with Crippen molar-refractivity contribution >= 4 is 17.6 Å². The Labute approximate surface area is 158 Å². The summed E-state index contributed by atoms with van der Waals surface area (Å²) in [4.78, 5) is 11.7. The molecule has 0 saturated carbocycles. The Bertz CT molecular complexity index is 488. The lowest BCUT2D eigenvalue weighted by Crippen LogP contribution is -2.15. The van der Waals surface area contributed by atoms with Gasteiger partial charge >= 0.3 is 5.97 Å². The first-order valence-corrected chi connectivity index (χ1v) is 10.1. The average Bonchev–Trinajstić information content (AvgIpc) is 2.59. The van der Waals surface area contributed by atoms with E-state index >= 15 is 0 Å². The van der Waals surface area contributed by atoms with E-state index in [-0.39, 0.29) is 12.6 Å². The molecule has 0 radical (unpaired) electrons. The summed E-state index contributed by atoms with van der Waals surface area (Å²) in [6, 6.07) is 5.33. The Morgan fingerprint density at radius 3 is 2.16 bits per heavy atom. The fourth-order valence-corrected chi connectivity index (χ4v) is 2.96. The highest BCUT2D eigenvalue weighted by Gasteiger charge is 2.06. The van der Waals surface area contributed by atoms with Gasteiger partial charge in [0.1, 0.15) is 5.75 Å². The average molecular weight is 369 g/mol. The second-order valence-corrected chi connectivity index (χ2v) is 7.04. The van der Waals surface area contributed by atoms with Crippen LogP contribution in [0.25, 0.3) is 0 Å². The molecule has 0 spiro atoms. The zero-order valence-electron chi connectivity index (χ0n) is 15.8. The van der Waals surface area contributed by atoms with Gasteiger partial charge in [0.15, 0.2) is 6.61 Å². The van der Waals surface area contributed by atoms with Crippen molar-refractivity contribution in [2.24, 2.45) is 0 Å². The normalized spacial score (nSPS) is 10.7. The number of halogens is 1. The van der Waals surface area contributed by atoms with E-state index in [2.05, 4.69) is 6.92 Å². The number of esters is 1. The third kappa shape index (κ3) is 11.1. The number of carbonyl (C=O) groups is 1. The second-order valence-electron chi connectivity index (χ2n) is 6.60. The lowest BCUT2D eigenvalue weighted by Gasteiger charge is -2.09. The molecule has 1 aromatic rings. The standard InChI is InChI=1S/C21H33ClO3/c1-3-4-5-6-7-8-9-10-11-12-15-24-21(23)17-25-20-14-13-19(22)16-18(20)2/h13-14,16H,3-12,15,17H2,1-2H3. The van der Waals surface area contributed by atoms with Crippen molar-refractivity contribution in [2.75, 3.05) is 13.2 Å². The number of aryl methyl sites for hydroxylation is 1. The van der Waals surface area contributed by atoms with E-state index in [1.165, 1.54) is 51.4 Å². The van der Waals surface area contributed by atoms with Gasteiger partial charge in [-0.1, -0.05) is 76.3 Å². The molecule has 0 N–H and O–H groups in total. The predicted octanol–water partition coefficient (Wildman–Crippen LogP) is 6.49. The summed E-state index contributed by atoms with van der Waals surface area (Å²) < 4.78 is 10.7. The highest BCUT2D eigenvalue weighted by molar-refractivity contribution is 6.30. The van der Waals surface area contributed by atoms with Gasteiger partial charge in [0.25, 0.3) is 0 Å². The monoisotopic (exact) mass is 368 g/mol. The van der Waals surface area contributed by atoms with Gasteiger partial charge in [-0.25, -0.2) is 4.79 Å². The summed E-state index contributed by atoms with van der Waals surface area (Å²) in [6.45, 7) is 4.58. The minimum Gasteiger partial charge on any atom is -0.482 e. The molecule has 1 aromatic carbocycles. The van der Waals surface area contributed by atoms with E-state index in [0.717, 1.165) is 18.4 Å². The van der Waals surface area contributed by atoms with Gasteiger partial charge in [0.2, 0.25) is 0 Å². The Morgan fingerprint density at radius 1 is 0.960 bits per heavy atom. The number of benzene rings is 1. The van der Waals surface area contributed by atoms with Crippen LogP contribution in [-0.2, 0) is 9.53 Å². The summed E-state index contributed by atoms with van der Waals surface area (Å²) in [5.41, 5.74) is 0.912. The number of hydrogen-bond acceptors (Lipinski definition) is 3. The van der Waals surface area contributed by atoms with Crippen molar-refractivity contribution in [3.05, 3.63) is 28.8 Å². The van der Waals surface area contributed by atoms with Crippen LogP contribution < -0.4 is 4.74 Å². The molecule has 0 heterocycles. The van der Waals surface area contributed by atoms with Crippen molar-refractivity contribution in [1.82, 2.24) is 0 Å². The fourth-order valence-electron chi connectivity index (χ4n) is 2.73. The molecule has 0 aliphatic carbocycles. The highest BCUT2D eigenvalue weighted by Crippen LogP contribution is 2.21. The fraction of sp³-hybridized carbons (Fsp3) is 0.667. The quantitative estimate of drug-likeness (QED) is 0.278. The summed E-state index contributed by atoms with van der Waals surface area (Å²) in [7, 11) is 0. The van der Waals surface area contributed by atoms with Gasteiger partial charge in [0, 0.05) is 5.02 Å². The third-order valence-electron chi connectivity index (χ3n) is 4.24. The van der Waals surface area contributed by atoms with Crippen LogP contribution in [0.1, 0.15) is 76.7 Å². The lowest BCUT2D eigenvalue weighted by atomic mass is 10.1. The van der Waals surface area contributed by atoms with E-state index < -0.39 is 0 Å². The molecule has 1 rings (SSSR count). The number of carbonyl (C=O) groups excluding carboxylic acids is 1. The zero-order chi connectivity index (χ0) is 18.3. The maximum atomic E-state index is 11.7. The molecular weight excluding hydrogens is 336 g/mol. The molecule has 0 aliphatic rings. The Balaban J connectivity index is 1.95. The molecule has 0 saturated heterocycles. The van der Waals surface area contributed by atoms with Gasteiger partial charge in [-0.3, -0.25) is 0 Å². The second kappa shape index (κ2) is 14.0. The van der Waals surface area contributed by atoms with Crippen molar-refractivity contribution in [3.63, 3.8) is 0 Å². The molecule has 3 nitrogen and oxygen atoms in total. The molecule has 0 aromatic heterocycles. The van der Waals surface area contributed by atoms with Crippen molar-refractivity contribution in [2.45, 2.75) is 78.1 Å². The van der Waals surface area contributed by atoms with Crippen LogP contribution in [0, 0.1) is 6.92 Å². The van der Waals surface area contributed by atoms with Crippen molar-refractivity contribution < 1.29 is 14.3 Å². The van der Waals surface area contributed by atoms with Crippen molar-refractivity contribution in [3.8, 4) is 5.75 Å². The van der Waals surface area contributed by atoms with Crippen LogP contribution in [0.4, 0.5) is 0 Å². The molecule has 0 bridgehead atoms. The van der Waals surface area contributed by atoms with Crippen LogP contribution in [0.5, 0.6) is 5.75 Å². The Kier molecular flexibility index (Phi) is 12.2. The first-order valence-electron chi connectivity index (χ1n) is 9.68. The number of rotatable bonds is 14. The van der Waals surface area contributed by atoms with Crippen LogP contribution >= 0.6 is 11.6 Å². The smallest absolute Gasteiger partial charge is 0.344 e. The van der Waals surface area contributed by atoms with Crippen molar-refractivity contribution in [1.29, 1.82) is 0 Å². The summed E-state index contributed by atoms with van der Waals surface area (Å²) in [5.74, 6) is 0.352. The van der Waals surface area contributed by atoms with Crippen LogP contribution in [0.3, 0.4) is 0 Å². The summed E-state index contributed by atoms with van der Waals surface area (Å²) in [6.07, 6.45) is 12.7. The van der Waals surface area contributed by atoms with Crippen LogP contribution in [0.2, 0.25) is 5.02 Å². The van der Waals surface area contributed by atoms with Crippen LogP contribution in [0.15, 0.2) is 18.2 Å². The lowest BCUT2D eigenvalue weighted by molar-refractivity contribution is -0.146. The summed E-state index contributed by atoms with van der Waals surface area (Å²) >= 11 is 5.89. The molecule has 0 aliphatic heterocycles. The van der Waals surface area contributed by atoms with Gasteiger partial charge < -0.3 is 9.47 Å². The highest BCUT2D eigenvalue weighted by atomic mass is 35.5. The molecule has 0 amide bonds. The van der Waals surface area contributed by atoms with E-state index in [9.17, 15) is 4.79 Å². The molecule has 25 heavy (non-hydrogen) atoms. The minimum atomic E-state index is -0.315. The first kappa shape index (κ1) is 21.8. The largest absolute Gasteiger partial charge is 0.482 e. The number of ether oxygens (including phenoxy) is 2. The van der Waals surface area contributed by atoms with Gasteiger partial charge in [-0.05, 0) is 37.1 Å². The molecule has 4 heteroatoms. The maximum Gasteiger partial charge on any atom is 0.344 e. The SMILES string of the molecule is CCCCCCCCCCCCOC(=O)COc1ccc(Cl)cc1C. The number of hydrogen-bond donors (Lipinski definition) is 0. The predicted molar refractivity (Wildman–Crippen MR) is 104 cm³/mol. The molecule has 0 atom stereocenters.